The molecule has 25 heavy (non-hydrogen) atoms. The Morgan fingerprint density at radius 2 is 1.88 bits per heavy atom. The number of sulfonamides is 1. The van der Waals surface area contributed by atoms with Crippen LogP contribution in [0.5, 0.6) is 0 Å². The standard InChI is InChI=1S/C20H22BrNO2S/c1-14-3-7-18(8-4-14)25(23,24)22-10-9-20(2)13-17(22)11-15-5-6-16(21)12-19(15)20/h3-8,12,17H,9-11,13H2,1-2H3/t17-,20-/m0/s1. The monoisotopic (exact) mass is 419 g/mol. The molecule has 2 bridgehead atoms. The number of fused-ring (bicyclic) bond motifs is 4. The van der Waals surface area contributed by atoms with Crippen LogP contribution in [0.15, 0.2) is 51.8 Å². The van der Waals surface area contributed by atoms with Gasteiger partial charge < -0.3 is 0 Å². The molecule has 1 fully saturated rings. The first-order valence-electron chi connectivity index (χ1n) is 8.67. The van der Waals surface area contributed by atoms with Crippen molar-refractivity contribution >= 4 is 26.0 Å². The van der Waals surface area contributed by atoms with Crippen molar-refractivity contribution < 1.29 is 8.42 Å². The Morgan fingerprint density at radius 3 is 2.60 bits per heavy atom. The molecule has 2 aromatic rings. The van der Waals surface area contributed by atoms with E-state index in [0.717, 1.165) is 29.3 Å². The molecule has 3 nitrogen and oxygen atoms in total. The zero-order valence-electron chi connectivity index (χ0n) is 14.5. The zero-order chi connectivity index (χ0) is 17.8. The van der Waals surface area contributed by atoms with Gasteiger partial charge in [0, 0.05) is 17.1 Å². The summed E-state index contributed by atoms with van der Waals surface area (Å²) in [7, 11) is -3.44. The fraction of sp³-hybridized carbons (Fsp3) is 0.400. The van der Waals surface area contributed by atoms with E-state index in [-0.39, 0.29) is 11.5 Å². The predicted molar refractivity (Wildman–Crippen MR) is 103 cm³/mol. The summed E-state index contributed by atoms with van der Waals surface area (Å²) < 4.78 is 29.2. The largest absolute Gasteiger partial charge is 0.243 e. The molecule has 0 saturated carbocycles. The molecular formula is C20H22BrNO2S. The van der Waals surface area contributed by atoms with E-state index in [0.29, 0.717) is 11.4 Å². The van der Waals surface area contributed by atoms with Crippen molar-refractivity contribution in [2.75, 3.05) is 6.54 Å². The highest BCUT2D eigenvalue weighted by Gasteiger charge is 2.46. The summed E-state index contributed by atoms with van der Waals surface area (Å²) in [5, 5.41) is 0. The highest BCUT2D eigenvalue weighted by Crippen LogP contribution is 2.46. The minimum absolute atomic E-state index is 0.0405. The maximum Gasteiger partial charge on any atom is 0.243 e. The number of halogens is 1. The van der Waals surface area contributed by atoms with Crippen LogP contribution in [-0.4, -0.2) is 25.3 Å². The molecular weight excluding hydrogens is 398 g/mol. The number of hydrogen-bond acceptors (Lipinski definition) is 2. The summed E-state index contributed by atoms with van der Waals surface area (Å²) in [6.07, 6.45) is 2.54. The Bertz CT molecular complexity index is 923. The van der Waals surface area contributed by atoms with Crippen LogP contribution in [0.4, 0.5) is 0 Å². The van der Waals surface area contributed by atoms with E-state index in [1.165, 1.54) is 11.1 Å². The van der Waals surface area contributed by atoms with Crippen molar-refractivity contribution in [3.63, 3.8) is 0 Å². The van der Waals surface area contributed by atoms with E-state index < -0.39 is 10.0 Å². The summed E-state index contributed by atoms with van der Waals surface area (Å²) in [6.45, 7) is 4.84. The van der Waals surface area contributed by atoms with Crippen LogP contribution >= 0.6 is 15.9 Å². The number of rotatable bonds is 2. The van der Waals surface area contributed by atoms with Crippen LogP contribution in [0.25, 0.3) is 0 Å². The lowest BCUT2D eigenvalue weighted by Gasteiger charge is -2.49. The summed E-state index contributed by atoms with van der Waals surface area (Å²) in [6, 6.07) is 13.7. The van der Waals surface area contributed by atoms with Crippen molar-refractivity contribution in [3.05, 3.63) is 63.6 Å². The van der Waals surface area contributed by atoms with E-state index in [2.05, 4.69) is 41.1 Å². The SMILES string of the molecule is Cc1ccc(S(=O)(=O)N2CC[C@@]3(C)C[C@@H]2Cc2ccc(Br)cc23)cc1. The lowest BCUT2D eigenvalue weighted by atomic mass is 9.66. The number of hydrogen-bond donors (Lipinski definition) is 0. The topological polar surface area (TPSA) is 37.4 Å². The van der Waals surface area contributed by atoms with Gasteiger partial charge in [0.25, 0.3) is 0 Å². The Kier molecular flexibility index (Phi) is 4.09. The molecule has 2 aromatic carbocycles. The summed E-state index contributed by atoms with van der Waals surface area (Å²) in [4.78, 5) is 0.406. The second-order valence-corrected chi connectivity index (χ2v) is 10.4. The summed E-state index contributed by atoms with van der Waals surface area (Å²) in [5.74, 6) is 0. The fourth-order valence-electron chi connectivity index (χ4n) is 4.39. The maximum absolute atomic E-state index is 13.2. The number of aryl methyl sites for hydroxylation is 1. The quantitative estimate of drug-likeness (QED) is 0.721. The van der Waals surface area contributed by atoms with Crippen LogP contribution in [0.2, 0.25) is 0 Å². The van der Waals surface area contributed by atoms with Crippen molar-refractivity contribution in [2.24, 2.45) is 0 Å². The van der Waals surface area contributed by atoms with Gasteiger partial charge in [0.2, 0.25) is 10.0 Å². The average molecular weight is 420 g/mol. The second-order valence-electron chi connectivity index (χ2n) is 7.60. The molecule has 4 rings (SSSR count). The number of nitrogens with zero attached hydrogens (tertiary/aromatic N) is 1. The van der Waals surface area contributed by atoms with Crippen molar-refractivity contribution in [3.8, 4) is 0 Å². The average Bonchev–Trinajstić information content (AvgIpc) is 2.56. The van der Waals surface area contributed by atoms with Gasteiger partial charge in [-0.05, 0) is 67.0 Å². The molecule has 1 aliphatic heterocycles. The minimum Gasteiger partial charge on any atom is -0.207 e. The highest BCUT2D eigenvalue weighted by molar-refractivity contribution is 9.10. The fourth-order valence-corrected chi connectivity index (χ4v) is 6.37. The van der Waals surface area contributed by atoms with E-state index in [1.54, 1.807) is 16.4 Å². The van der Waals surface area contributed by atoms with Crippen LogP contribution in [-0.2, 0) is 21.9 Å². The molecule has 0 N–H and O–H groups in total. The second kappa shape index (κ2) is 5.93. The Hall–Kier alpha value is -1.17. The van der Waals surface area contributed by atoms with Gasteiger partial charge in [-0.2, -0.15) is 4.31 Å². The molecule has 0 amide bonds. The first-order chi connectivity index (χ1) is 11.8. The Labute approximate surface area is 158 Å². The van der Waals surface area contributed by atoms with Gasteiger partial charge in [-0.15, -0.1) is 0 Å². The molecule has 0 spiro atoms. The van der Waals surface area contributed by atoms with Gasteiger partial charge in [-0.25, -0.2) is 8.42 Å². The molecule has 1 aliphatic carbocycles. The van der Waals surface area contributed by atoms with Crippen molar-refractivity contribution in [2.45, 2.75) is 49.5 Å². The lowest BCUT2D eigenvalue weighted by molar-refractivity contribution is 0.161. The van der Waals surface area contributed by atoms with Crippen molar-refractivity contribution in [1.29, 1.82) is 0 Å². The highest BCUT2D eigenvalue weighted by atomic mass is 79.9. The normalized spacial score (nSPS) is 26.3. The van der Waals surface area contributed by atoms with Gasteiger partial charge >= 0.3 is 0 Å². The third-order valence-corrected chi connectivity index (χ3v) is 8.24. The third-order valence-electron chi connectivity index (χ3n) is 5.78. The minimum atomic E-state index is -3.44. The smallest absolute Gasteiger partial charge is 0.207 e. The van der Waals surface area contributed by atoms with Gasteiger partial charge in [-0.3, -0.25) is 0 Å². The molecule has 0 radical (unpaired) electrons. The molecule has 2 aliphatic rings. The maximum atomic E-state index is 13.2. The van der Waals surface area contributed by atoms with E-state index in [4.69, 9.17) is 0 Å². The molecule has 0 aromatic heterocycles. The Morgan fingerprint density at radius 1 is 1.16 bits per heavy atom. The van der Waals surface area contributed by atoms with E-state index in [1.807, 2.05) is 19.1 Å². The third kappa shape index (κ3) is 2.86. The molecule has 1 heterocycles. The molecule has 1 saturated heterocycles. The molecule has 132 valence electrons. The Balaban J connectivity index is 1.72. The van der Waals surface area contributed by atoms with Gasteiger partial charge in [-0.1, -0.05) is 46.6 Å². The van der Waals surface area contributed by atoms with E-state index in [9.17, 15) is 8.42 Å². The van der Waals surface area contributed by atoms with Crippen LogP contribution < -0.4 is 0 Å². The van der Waals surface area contributed by atoms with Crippen molar-refractivity contribution in [1.82, 2.24) is 4.31 Å². The molecule has 0 unspecified atom stereocenters. The van der Waals surface area contributed by atoms with Gasteiger partial charge in [0.1, 0.15) is 0 Å². The van der Waals surface area contributed by atoms with Crippen LogP contribution in [0, 0.1) is 6.92 Å². The lowest BCUT2D eigenvalue weighted by Crippen LogP contribution is -2.53. The molecule has 2 atom stereocenters. The number of benzene rings is 2. The van der Waals surface area contributed by atoms with Gasteiger partial charge in [0.15, 0.2) is 0 Å². The predicted octanol–water partition coefficient (Wildman–Crippen LogP) is 4.42. The zero-order valence-corrected chi connectivity index (χ0v) is 16.9. The summed E-state index contributed by atoms with van der Waals surface area (Å²) in [5.41, 5.74) is 3.79. The van der Waals surface area contributed by atoms with Crippen LogP contribution in [0.3, 0.4) is 0 Å². The molecule has 5 heteroatoms. The van der Waals surface area contributed by atoms with E-state index >= 15 is 0 Å². The number of piperidine rings is 1. The first kappa shape index (κ1) is 17.3. The van der Waals surface area contributed by atoms with Crippen LogP contribution in [0.1, 0.15) is 36.5 Å². The summed E-state index contributed by atoms with van der Waals surface area (Å²) >= 11 is 3.58. The van der Waals surface area contributed by atoms with Gasteiger partial charge in [0.05, 0.1) is 4.90 Å². The first-order valence-corrected chi connectivity index (χ1v) is 10.9.